The Kier molecular flexibility index (Phi) is 3.68. The molecule has 1 unspecified atom stereocenters. The number of nitrogens with zero attached hydrogens (tertiary/aromatic N) is 3. The van der Waals surface area contributed by atoms with E-state index < -0.39 is 11.4 Å². The molecule has 2 aliphatic rings. The Labute approximate surface area is 129 Å². The summed E-state index contributed by atoms with van der Waals surface area (Å²) in [6, 6.07) is 1.84. The molecule has 2 N–H and O–H groups in total. The number of aryl methyl sites for hydroxylation is 1. The maximum Gasteiger partial charge on any atom is 0.275 e. The molecule has 1 aliphatic heterocycles. The van der Waals surface area contributed by atoms with Crippen molar-refractivity contribution in [2.24, 2.45) is 12.8 Å². The molecule has 120 valence electrons. The number of rotatable bonds is 5. The van der Waals surface area contributed by atoms with Gasteiger partial charge in [-0.1, -0.05) is 0 Å². The van der Waals surface area contributed by atoms with E-state index in [1.54, 1.807) is 4.68 Å². The number of hydrogen-bond donors (Lipinski definition) is 1. The number of amides is 2. The summed E-state index contributed by atoms with van der Waals surface area (Å²) in [7, 11) is 3.36. The van der Waals surface area contributed by atoms with Gasteiger partial charge in [0.1, 0.15) is 5.54 Å². The first-order chi connectivity index (χ1) is 10.5. The van der Waals surface area contributed by atoms with Crippen molar-refractivity contribution < 1.29 is 14.3 Å². The molecular formula is C15H22N4O3. The second-order valence-electron chi connectivity index (χ2n) is 6.24. The summed E-state index contributed by atoms with van der Waals surface area (Å²) in [6.07, 6.45) is 3.56. The molecule has 1 aliphatic carbocycles. The molecular weight excluding hydrogens is 284 g/mol. The van der Waals surface area contributed by atoms with Gasteiger partial charge in [0, 0.05) is 32.3 Å². The largest absolute Gasteiger partial charge is 0.382 e. The highest BCUT2D eigenvalue weighted by molar-refractivity contribution is 5.98. The molecule has 1 saturated heterocycles. The fourth-order valence-corrected chi connectivity index (χ4v) is 3.38. The second-order valence-corrected chi connectivity index (χ2v) is 6.24. The first-order valence-corrected chi connectivity index (χ1v) is 7.64. The summed E-state index contributed by atoms with van der Waals surface area (Å²) in [5.74, 6) is -0.244. The van der Waals surface area contributed by atoms with E-state index in [0.29, 0.717) is 24.6 Å². The van der Waals surface area contributed by atoms with Crippen molar-refractivity contribution in [1.29, 1.82) is 0 Å². The average Bonchev–Trinajstić information content (AvgIpc) is 3.11. The van der Waals surface area contributed by atoms with Crippen molar-refractivity contribution in [2.45, 2.75) is 37.1 Å². The van der Waals surface area contributed by atoms with E-state index in [1.807, 2.05) is 13.1 Å². The van der Waals surface area contributed by atoms with Gasteiger partial charge < -0.3 is 15.4 Å². The number of carbonyl (C=O) groups excluding carboxylic acids is 2. The van der Waals surface area contributed by atoms with Crippen LogP contribution in [0.15, 0.2) is 6.07 Å². The number of ether oxygens (including phenoxy) is 1. The SMILES string of the molecule is COCC1(C(N)=O)CCCN1C(=O)c1cc(C2CC2)n(C)n1. The van der Waals surface area contributed by atoms with Crippen molar-refractivity contribution in [3.63, 3.8) is 0 Å². The Morgan fingerprint density at radius 2 is 2.23 bits per heavy atom. The Bertz CT molecular complexity index is 608. The van der Waals surface area contributed by atoms with Gasteiger partial charge in [0.25, 0.3) is 5.91 Å². The van der Waals surface area contributed by atoms with Gasteiger partial charge in [-0.2, -0.15) is 5.10 Å². The lowest BCUT2D eigenvalue weighted by atomic mass is 9.96. The van der Waals surface area contributed by atoms with E-state index in [2.05, 4.69) is 5.10 Å². The number of nitrogens with two attached hydrogens (primary N) is 1. The zero-order chi connectivity index (χ0) is 15.9. The standard InChI is InChI=1S/C15H22N4O3/c1-18-12(10-4-5-10)8-11(17-18)13(20)19-7-3-6-15(19,9-22-2)14(16)21/h8,10H,3-7,9H2,1-2H3,(H2,16,21). The minimum absolute atomic E-state index is 0.121. The summed E-state index contributed by atoms with van der Waals surface area (Å²) in [6.45, 7) is 0.622. The minimum Gasteiger partial charge on any atom is -0.382 e. The van der Waals surface area contributed by atoms with Crippen LogP contribution < -0.4 is 5.73 Å². The van der Waals surface area contributed by atoms with Gasteiger partial charge in [-0.05, 0) is 31.7 Å². The summed E-state index contributed by atoms with van der Waals surface area (Å²) >= 11 is 0. The quantitative estimate of drug-likeness (QED) is 0.852. The molecule has 2 heterocycles. The van der Waals surface area contributed by atoms with Gasteiger partial charge in [0.2, 0.25) is 5.91 Å². The topological polar surface area (TPSA) is 90.5 Å². The van der Waals surface area contributed by atoms with E-state index in [4.69, 9.17) is 10.5 Å². The highest BCUT2D eigenvalue weighted by Gasteiger charge is 2.49. The normalized spacial score (nSPS) is 24.7. The number of methoxy groups -OCH3 is 1. The second kappa shape index (κ2) is 5.39. The van der Waals surface area contributed by atoms with Crippen LogP contribution in [0.4, 0.5) is 0 Å². The smallest absolute Gasteiger partial charge is 0.275 e. The van der Waals surface area contributed by atoms with Crippen LogP contribution in [-0.4, -0.2) is 52.3 Å². The summed E-state index contributed by atoms with van der Waals surface area (Å²) in [5.41, 5.74) is 5.99. The minimum atomic E-state index is -1.05. The van der Waals surface area contributed by atoms with Crippen molar-refractivity contribution >= 4 is 11.8 Å². The van der Waals surface area contributed by atoms with Crippen molar-refractivity contribution in [2.75, 3.05) is 20.3 Å². The third kappa shape index (κ3) is 2.29. The monoisotopic (exact) mass is 306 g/mol. The number of carbonyl (C=O) groups is 2. The van der Waals surface area contributed by atoms with E-state index in [0.717, 1.165) is 25.0 Å². The molecule has 7 heteroatoms. The number of likely N-dealkylation sites (tertiary alicyclic amines) is 1. The lowest BCUT2D eigenvalue weighted by Gasteiger charge is -2.34. The van der Waals surface area contributed by atoms with E-state index in [9.17, 15) is 9.59 Å². The van der Waals surface area contributed by atoms with Crippen molar-refractivity contribution in [3.05, 3.63) is 17.5 Å². The highest BCUT2D eigenvalue weighted by atomic mass is 16.5. The van der Waals surface area contributed by atoms with Crippen molar-refractivity contribution in [1.82, 2.24) is 14.7 Å². The molecule has 1 saturated carbocycles. The number of primary amides is 1. The van der Waals surface area contributed by atoms with Crippen LogP contribution in [0.5, 0.6) is 0 Å². The van der Waals surface area contributed by atoms with Crippen LogP contribution in [0.25, 0.3) is 0 Å². The Balaban J connectivity index is 1.89. The number of aromatic nitrogens is 2. The Morgan fingerprint density at radius 1 is 1.50 bits per heavy atom. The van der Waals surface area contributed by atoms with Gasteiger partial charge in [-0.3, -0.25) is 14.3 Å². The lowest BCUT2D eigenvalue weighted by Crippen LogP contribution is -2.58. The molecule has 1 atom stereocenters. The molecule has 2 fully saturated rings. The summed E-state index contributed by atoms with van der Waals surface area (Å²) < 4.78 is 6.93. The molecule has 0 radical (unpaired) electrons. The number of hydrogen-bond acceptors (Lipinski definition) is 4. The highest BCUT2D eigenvalue weighted by Crippen LogP contribution is 2.40. The zero-order valence-electron chi connectivity index (χ0n) is 13.0. The fraction of sp³-hybridized carbons (Fsp3) is 0.667. The summed E-state index contributed by atoms with van der Waals surface area (Å²) in [4.78, 5) is 26.3. The molecule has 3 rings (SSSR count). The van der Waals surface area contributed by atoms with Crippen LogP contribution >= 0.6 is 0 Å². The van der Waals surface area contributed by atoms with Crippen LogP contribution in [0.3, 0.4) is 0 Å². The van der Waals surface area contributed by atoms with E-state index in [-0.39, 0.29) is 12.5 Å². The van der Waals surface area contributed by atoms with Gasteiger partial charge in [0.15, 0.2) is 5.69 Å². The predicted molar refractivity (Wildman–Crippen MR) is 79.3 cm³/mol. The molecule has 7 nitrogen and oxygen atoms in total. The first-order valence-electron chi connectivity index (χ1n) is 7.64. The Hall–Kier alpha value is -1.89. The van der Waals surface area contributed by atoms with Crippen LogP contribution in [-0.2, 0) is 16.6 Å². The average molecular weight is 306 g/mol. The molecule has 1 aromatic heterocycles. The molecule has 22 heavy (non-hydrogen) atoms. The van der Waals surface area contributed by atoms with Gasteiger partial charge in [-0.15, -0.1) is 0 Å². The van der Waals surface area contributed by atoms with Crippen LogP contribution in [0.2, 0.25) is 0 Å². The lowest BCUT2D eigenvalue weighted by molar-refractivity contribution is -0.130. The third-order valence-electron chi connectivity index (χ3n) is 4.71. The van der Waals surface area contributed by atoms with Crippen molar-refractivity contribution in [3.8, 4) is 0 Å². The first kappa shape index (κ1) is 15.0. The maximum absolute atomic E-state index is 12.8. The van der Waals surface area contributed by atoms with E-state index >= 15 is 0 Å². The molecule has 0 bridgehead atoms. The molecule has 0 aromatic carbocycles. The van der Waals surface area contributed by atoms with Gasteiger partial charge in [0.05, 0.1) is 6.61 Å². The van der Waals surface area contributed by atoms with Crippen LogP contribution in [0.1, 0.15) is 47.8 Å². The fourth-order valence-electron chi connectivity index (χ4n) is 3.38. The van der Waals surface area contributed by atoms with E-state index in [1.165, 1.54) is 12.0 Å². The summed E-state index contributed by atoms with van der Waals surface area (Å²) in [5, 5.41) is 4.33. The molecule has 1 aromatic rings. The zero-order valence-corrected chi connectivity index (χ0v) is 13.0. The molecule has 0 spiro atoms. The van der Waals surface area contributed by atoms with Gasteiger partial charge in [-0.25, -0.2) is 0 Å². The van der Waals surface area contributed by atoms with Gasteiger partial charge >= 0.3 is 0 Å². The third-order valence-corrected chi connectivity index (χ3v) is 4.71. The Morgan fingerprint density at radius 3 is 2.82 bits per heavy atom. The van der Waals surface area contributed by atoms with Crippen LogP contribution in [0, 0.1) is 0 Å². The molecule has 2 amide bonds. The maximum atomic E-state index is 12.8. The predicted octanol–water partition coefficient (Wildman–Crippen LogP) is 0.404.